The molecule has 0 aromatic heterocycles. The Labute approximate surface area is 148 Å². The molecule has 0 saturated carbocycles. The Morgan fingerprint density at radius 3 is 0.636 bits per heavy atom. The van der Waals surface area contributed by atoms with Gasteiger partial charge in [-0.05, 0) is 0 Å². The molecule has 0 aliphatic heterocycles. The van der Waals surface area contributed by atoms with Crippen molar-refractivity contribution in [1.82, 2.24) is 0 Å². The minimum atomic E-state index is -0.597. The van der Waals surface area contributed by atoms with Crippen molar-refractivity contribution in [1.29, 1.82) is 0 Å². The summed E-state index contributed by atoms with van der Waals surface area (Å²) in [6.45, 7) is 11.4. The zero-order valence-corrected chi connectivity index (χ0v) is 16.9. The van der Waals surface area contributed by atoms with Crippen LogP contribution in [0.3, 0.4) is 0 Å². The molecule has 3 atom stereocenters. The van der Waals surface area contributed by atoms with Gasteiger partial charge >= 0.3 is 0 Å². The molecule has 0 heterocycles. The summed E-state index contributed by atoms with van der Waals surface area (Å²) in [4.78, 5) is 0. The quantitative estimate of drug-likeness (QED) is 0.624. The molecule has 1 radical (unpaired) electrons. The second kappa shape index (κ2) is 19.4. The number of hydrogen-bond acceptors (Lipinski definition) is 6. The molecule has 0 rings (SSSR count). The van der Waals surface area contributed by atoms with Gasteiger partial charge in [0.25, 0.3) is 0 Å². The Morgan fingerprint density at radius 1 is 0.500 bits per heavy atom. The van der Waals surface area contributed by atoms with E-state index in [4.69, 9.17) is 15.3 Å². The van der Waals surface area contributed by atoms with Crippen molar-refractivity contribution in [2.24, 2.45) is 17.8 Å². The first-order chi connectivity index (χ1) is 9.54. The van der Waals surface area contributed by atoms with Crippen LogP contribution in [0.15, 0.2) is 0 Å². The summed E-state index contributed by atoms with van der Waals surface area (Å²) in [7, 11) is 4.47. The Kier molecular flexibility index (Phi) is 26.7. The Bertz CT molecular complexity index is 169. The third-order valence-electron chi connectivity index (χ3n) is 2.44. The maximum atomic E-state index is 8.71. The van der Waals surface area contributed by atoms with Crippen molar-refractivity contribution in [2.45, 2.75) is 60.4 Å². The van der Waals surface area contributed by atoms with Gasteiger partial charge in [-0.25, -0.2) is 0 Å². The first kappa shape index (κ1) is 30.3. The monoisotopic (exact) mass is 363 g/mol. The molecule has 0 aromatic rings. The maximum absolute atomic E-state index is 8.71. The molecular formula is C15H36O6V. The number of rotatable bonds is 6. The first-order valence-corrected chi connectivity index (χ1v) is 7.17. The van der Waals surface area contributed by atoms with E-state index in [0.29, 0.717) is 0 Å². The van der Waals surface area contributed by atoms with Crippen LogP contribution in [0.25, 0.3) is 0 Å². The second-order valence-corrected chi connectivity index (χ2v) is 5.61. The molecular weight excluding hydrogens is 327 g/mol. The fourth-order valence-electron chi connectivity index (χ4n) is 0.816. The summed E-state index contributed by atoms with van der Waals surface area (Å²) in [6.07, 6.45) is -1.79. The Hall–Kier alpha value is 0.344. The number of hydrogen-bond donors (Lipinski definition) is 3. The SMILES string of the molecule is COC(O)C(C)C.COC(O)C(C)C.COC(O)C(C)C.[V]. The third kappa shape index (κ3) is 22.6. The smallest absolute Gasteiger partial charge is 0.156 e. The topological polar surface area (TPSA) is 88.4 Å². The minimum absolute atomic E-state index is 0. The average molecular weight is 363 g/mol. The standard InChI is InChI=1S/3C5H12O2.V/c3*1-4(2)5(6)7-3;/h3*4-6H,1-3H3;. The van der Waals surface area contributed by atoms with Crippen LogP contribution in [-0.4, -0.2) is 55.5 Å². The van der Waals surface area contributed by atoms with E-state index in [1.54, 1.807) is 0 Å². The molecule has 0 bridgehead atoms. The summed E-state index contributed by atoms with van der Waals surface area (Å²) in [5.41, 5.74) is 0. The zero-order valence-electron chi connectivity index (χ0n) is 15.5. The van der Waals surface area contributed by atoms with Crippen molar-refractivity contribution in [3.63, 3.8) is 0 Å². The van der Waals surface area contributed by atoms with E-state index in [0.717, 1.165) is 0 Å². The second-order valence-electron chi connectivity index (χ2n) is 5.61. The largest absolute Gasteiger partial charge is 0.368 e. The van der Waals surface area contributed by atoms with E-state index in [2.05, 4.69) is 14.2 Å². The molecule has 0 aromatic carbocycles. The molecule has 3 N–H and O–H groups in total. The van der Waals surface area contributed by atoms with Crippen LogP contribution >= 0.6 is 0 Å². The first-order valence-electron chi connectivity index (χ1n) is 7.17. The summed E-state index contributed by atoms with van der Waals surface area (Å²) in [5, 5.41) is 26.1. The van der Waals surface area contributed by atoms with Gasteiger partial charge in [-0.15, -0.1) is 0 Å². The van der Waals surface area contributed by atoms with Crippen LogP contribution in [0.5, 0.6) is 0 Å². The van der Waals surface area contributed by atoms with Crippen molar-refractivity contribution in [3.8, 4) is 0 Å². The van der Waals surface area contributed by atoms with Crippen molar-refractivity contribution >= 4 is 0 Å². The summed E-state index contributed by atoms with van der Waals surface area (Å²) in [5.74, 6) is 0.597. The normalized spacial score (nSPS) is 14.3. The summed E-state index contributed by atoms with van der Waals surface area (Å²) >= 11 is 0. The summed E-state index contributed by atoms with van der Waals surface area (Å²) in [6, 6.07) is 0. The number of methoxy groups -OCH3 is 3. The molecule has 0 aliphatic carbocycles. The van der Waals surface area contributed by atoms with E-state index in [-0.39, 0.29) is 36.3 Å². The number of aliphatic hydroxyl groups excluding tert-OH is 3. The fourth-order valence-corrected chi connectivity index (χ4v) is 0.816. The molecule has 7 heteroatoms. The van der Waals surface area contributed by atoms with E-state index in [1.807, 2.05) is 41.5 Å². The van der Waals surface area contributed by atoms with Gasteiger partial charge in [-0.1, -0.05) is 41.5 Å². The molecule has 0 spiro atoms. The molecule has 6 nitrogen and oxygen atoms in total. The minimum Gasteiger partial charge on any atom is -0.368 e. The van der Waals surface area contributed by atoms with Crippen LogP contribution in [-0.2, 0) is 32.8 Å². The van der Waals surface area contributed by atoms with Crippen molar-refractivity contribution in [3.05, 3.63) is 0 Å². The van der Waals surface area contributed by atoms with Gasteiger partial charge in [0.05, 0.1) is 0 Å². The maximum Gasteiger partial charge on any atom is 0.156 e. The van der Waals surface area contributed by atoms with E-state index < -0.39 is 18.9 Å². The van der Waals surface area contributed by atoms with Gasteiger partial charge in [0.1, 0.15) is 0 Å². The van der Waals surface area contributed by atoms with Gasteiger partial charge in [-0.3, -0.25) is 0 Å². The van der Waals surface area contributed by atoms with E-state index in [9.17, 15) is 0 Å². The molecule has 22 heavy (non-hydrogen) atoms. The molecule has 0 amide bonds. The third-order valence-corrected chi connectivity index (χ3v) is 2.44. The van der Waals surface area contributed by atoms with E-state index >= 15 is 0 Å². The van der Waals surface area contributed by atoms with Gasteiger partial charge < -0.3 is 29.5 Å². The van der Waals surface area contributed by atoms with Gasteiger partial charge in [0, 0.05) is 57.6 Å². The molecule has 137 valence electrons. The molecule has 0 aliphatic rings. The van der Waals surface area contributed by atoms with Crippen molar-refractivity contribution < 1.29 is 48.1 Å². The van der Waals surface area contributed by atoms with Crippen LogP contribution in [0.1, 0.15) is 41.5 Å². The Morgan fingerprint density at radius 2 is 0.636 bits per heavy atom. The van der Waals surface area contributed by atoms with Gasteiger partial charge in [0.2, 0.25) is 0 Å². The van der Waals surface area contributed by atoms with E-state index in [1.165, 1.54) is 21.3 Å². The predicted molar refractivity (Wildman–Crippen MR) is 83.6 cm³/mol. The summed E-state index contributed by atoms with van der Waals surface area (Å²) < 4.78 is 13.7. The molecule has 3 unspecified atom stereocenters. The molecule has 0 fully saturated rings. The average Bonchev–Trinajstić information content (AvgIpc) is 2.45. The molecule has 0 saturated heterocycles. The number of aliphatic hydroxyl groups is 3. The van der Waals surface area contributed by atoms with Crippen LogP contribution in [0.2, 0.25) is 0 Å². The van der Waals surface area contributed by atoms with Gasteiger partial charge in [-0.2, -0.15) is 0 Å². The predicted octanol–water partition coefficient (Wildman–Crippen LogP) is 1.82. The van der Waals surface area contributed by atoms with Crippen molar-refractivity contribution in [2.75, 3.05) is 21.3 Å². The Balaban J connectivity index is -0.000000108. The van der Waals surface area contributed by atoms with Gasteiger partial charge in [0.15, 0.2) is 18.9 Å². The zero-order chi connectivity index (χ0) is 17.6. The van der Waals surface area contributed by atoms with Crippen LogP contribution in [0, 0.1) is 17.8 Å². The number of ether oxygens (including phenoxy) is 3. The van der Waals surface area contributed by atoms with Crippen LogP contribution in [0.4, 0.5) is 0 Å². The van der Waals surface area contributed by atoms with Crippen LogP contribution < -0.4 is 0 Å². The fraction of sp³-hybridized carbons (Fsp3) is 1.00.